The summed E-state index contributed by atoms with van der Waals surface area (Å²) >= 11 is 0. The molecule has 6 heteroatoms. The second-order valence-corrected chi connectivity index (χ2v) is 4.79. The summed E-state index contributed by atoms with van der Waals surface area (Å²) in [5, 5.41) is 2.67. The van der Waals surface area contributed by atoms with Gasteiger partial charge in [0.05, 0.1) is 18.1 Å². The minimum absolute atomic E-state index is 0.0103. The Morgan fingerprint density at radius 1 is 1.33 bits per heavy atom. The van der Waals surface area contributed by atoms with Crippen LogP contribution in [-0.2, 0) is 12.6 Å². The Morgan fingerprint density at radius 3 is 2.71 bits per heavy atom. The smallest absolute Gasteiger partial charge is 0.416 e. The SMILES string of the molecule is C[C@H](Cc1ccoc1)NC(=O)c1cccc(C(F)(F)F)c1. The van der Waals surface area contributed by atoms with Crippen molar-refractivity contribution in [3.8, 4) is 0 Å². The van der Waals surface area contributed by atoms with Crippen LogP contribution in [-0.4, -0.2) is 11.9 Å². The number of amides is 1. The molecular formula is C15H14F3NO2. The molecule has 2 aromatic rings. The molecule has 0 unspecified atom stereocenters. The van der Waals surface area contributed by atoms with Crippen LogP contribution in [0.15, 0.2) is 47.3 Å². The van der Waals surface area contributed by atoms with E-state index in [0.717, 1.165) is 17.7 Å². The van der Waals surface area contributed by atoms with Crippen molar-refractivity contribution in [3.63, 3.8) is 0 Å². The Morgan fingerprint density at radius 2 is 2.10 bits per heavy atom. The minimum Gasteiger partial charge on any atom is -0.472 e. The van der Waals surface area contributed by atoms with E-state index in [9.17, 15) is 18.0 Å². The van der Waals surface area contributed by atoms with Gasteiger partial charge >= 0.3 is 6.18 Å². The second-order valence-electron chi connectivity index (χ2n) is 4.79. The maximum absolute atomic E-state index is 12.6. The molecule has 0 aliphatic heterocycles. The van der Waals surface area contributed by atoms with Crippen molar-refractivity contribution in [2.75, 3.05) is 0 Å². The number of carbonyl (C=O) groups excluding carboxylic acids is 1. The molecule has 0 bridgehead atoms. The molecule has 0 aliphatic rings. The Bertz CT molecular complexity index is 606. The molecule has 0 spiro atoms. The standard InChI is InChI=1S/C15H14F3NO2/c1-10(7-11-5-6-21-9-11)19-14(20)12-3-2-4-13(8-12)15(16,17)18/h2-6,8-10H,7H2,1H3,(H,19,20)/t10-/m1/s1. The van der Waals surface area contributed by atoms with Gasteiger partial charge in [0, 0.05) is 11.6 Å². The van der Waals surface area contributed by atoms with Gasteiger partial charge in [-0.2, -0.15) is 13.2 Å². The summed E-state index contributed by atoms with van der Waals surface area (Å²) in [5.41, 5.74) is 0.0633. The zero-order valence-electron chi connectivity index (χ0n) is 11.3. The van der Waals surface area contributed by atoms with Crippen molar-refractivity contribution in [1.82, 2.24) is 5.32 Å². The van der Waals surface area contributed by atoms with E-state index in [1.807, 2.05) is 0 Å². The average molecular weight is 297 g/mol. The predicted molar refractivity (Wildman–Crippen MR) is 70.8 cm³/mol. The molecule has 0 saturated carbocycles. The summed E-state index contributed by atoms with van der Waals surface area (Å²) in [6, 6.07) is 5.91. The highest BCUT2D eigenvalue weighted by Gasteiger charge is 2.30. The normalized spacial score (nSPS) is 13.0. The average Bonchev–Trinajstić information content (AvgIpc) is 2.90. The molecule has 21 heavy (non-hydrogen) atoms. The van der Waals surface area contributed by atoms with Crippen LogP contribution >= 0.6 is 0 Å². The van der Waals surface area contributed by atoms with Crippen LogP contribution in [0.3, 0.4) is 0 Å². The Kier molecular flexibility index (Phi) is 4.35. The molecule has 1 amide bonds. The summed E-state index contributed by atoms with van der Waals surface area (Å²) < 4.78 is 42.7. The fourth-order valence-corrected chi connectivity index (χ4v) is 1.96. The van der Waals surface area contributed by atoms with Crippen molar-refractivity contribution >= 4 is 5.91 Å². The molecule has 1 N–H and O–H groups in total. The van der Waals surface area contributed by atoms with Crippen LogP contribution in [0, 0.1) is 0 Å². The number of hydrogen-bond donors (Lipinski definition) is 1. The first-order chi connectivity index (χ1) is 9.86. The van der Waals surface area contributed by atoms with Gasteiger partial charge in [0.15, 0.2) is 0 Å². The number of halogens is 3. The lowest BCUT2D eigenvalue weighted by Gasteiger charge is -2.14. The van der Waals surface area contributed by atoms with Crippen LogP contribution in [0.4, 0.5) is 13.2 Å². The van der Waals surface area contributed by atoms with Gasteiger partial charge in [0.2, 0.25) is 0 Å². The molecule has 112 valence electrons. The molecule has 0 saturated heterocycles. The lowest BCUT2D eigenvalue weighted by atomic mass is 10.1. The van der Waals surface area contributed by atoms with Gasteiger partial charge in [-0.05, 0) is 43.2 Å². The number of alkyl halides is 3. The van der Waals surface area contributed by atoms with E-state index in [1.54, 1.807) is 19.3 Å². The zero-order valence-corrected chi connectivity index (χ0v) is 11.3. The number of nitrogens with one attached hydrogen (secondary N) is 1. The monoisotopic (exact) mass is 297 g/mol. The number of rotatable bonds is 4. The maximum Gasteiger partial charge on any atom is 0.416 e. The highest BCUT2D eigenvalue weighted by Crippen LogP contribution is 2.29. The molecule has 2 rings (SSSR count). The van der Waals surface area contributed by atoms with Gasteiger partial charge in [-0.25, -0.2) is 0 Å². The molecular weight excluding hydrogens is 283 g/mol. The second kappa shape index (κ2) is 6.03. The van der Waals surface area contributed by atoms with Crippen LogP contribution in [0.25, 0.3) is 0 Å². The van der Waals surface area contributed by atoms with Crippen molar-refractivity contribution in [2.45, 2.75) is 25.6 Å². The lowest BCUT2D eigenvalue weighted by molar-refractivity contribution is -0.137. The summed E-state index contributed by atoms with van der Waals surface area (Å²) in [4.78, 5) is 12.0. The van der Waals surface area contributed by atoms with E-state index in [0.29, 0.717) is 6.42 Å². The van der Waals surface area contributed by atoms with Crippen LogP contribution in [0.2, 0.25) is 0 Å². The zero-order chi connectivity index (χ0) is 15.5. The summed E-state index contributed by atoms with van der Waals surface area (Å²) in [6.45, 7) is 1.78. The van der Waals surface area contributed by atoms with E-state index in [2.05, 4.69) is 5.32 Å². The maximum atomic E-state index is 12.6. The molecule has 1 atom stereocenters. The Hall–Kier alpha value is -2.24. The number of hydrogen-bond acceptors (Lipinski definition) is 2. The summed E-state index contributed by atoms with van der Waals surface area (Å²) in [6.07, 6.45) is -0.830. The highest BCUT2D eigenvalue weighted by atomic mass is 19.4. The van der Waals surface area contributed by atoms with Crippen LogP contribution in [0.5, 0.6) is 0 Å². The molecule has 1 aromatic heterocycles. The molecule has 3 nitrogen and oxygen atoms in total. The van der Waals surface area contributed by atoms with E-state index < -0.39 is 17.6 Å². The van der Waals surface area contributed by atoms with Gasteiger partial charge in [0.25, 0.3) is 5.91 Å². The van der Waals surface area contributed by atoms with Gasteiger partial charge in [-0.1, -0.05) is 6.07 Å². The van der Waals surface area contributed by atoms with Crippen molar-refractivity contribution in [3.05, 3.63) is 59.5 Å². The van der Waals surface area contributed by atoms with Crippen LogP contribution < -0.4 is 5.32 Å². The van der Waals surface area contributed by atoms with Crippen molar-refractivity contribution in [2.24, 2.45) is 0 Å². The largest absolute Gasteiger partial charge is 0.472 e. The van der Waals surface area contributed by atoms with Crippen molar-refractivity contribution in [1.29, 1.82) is 0 Å². The van der Waals surface area contributed by atoms with Gasteiger partial charge in [0.1, 0.15) is 0 Å². The quantitative estimate of drug-likeness (QED) is 0.935. The number of carbonyl (C=O) groups is 1. The number of benzene rings is 1. The van der Waals surface area contributed by atoms with E-state index >= 15 is 0 Å². The first kappa shape index (κ1) is 15.2. The Balaban J connectivity index is 2.03. The first-order valence-electron chi connectivity index (χ1n) is 6.35. The van der Waals surface area contributed by atoms with E-state index in [-0.39, 0.29) is 11.6 Å². The van der Waals surface area contributed by atoms with Gasteiger partial charge in [-0.15, -0.1) is 0 Å². The summed E-state index contributed by atoms with van der Waals surface area (Å²) in [7, 11) is 0. The molecule has 1 aromatic carbocycles. The number of furan rings is 1. The van der Waals surface area contributed by atoms with Crippen LogP contribution in [0.1, 0.15) is 28.4 Å². The third-order valence-corrected chi connectivity index (χ3v) is 2.95. The molecule has 1 heterocycles. The fraction of sp³-hybridized carbons (Fsp3) is 0.267. The third-order valence-electron chi connectivity index (χ3n) is 2.95. The summed E-state index contributed by atoms with van der Waals surface area (Å²) in [5.74, 6) is -0.530. The molecule has 0 aliphatic carbocycles. The highest BCUT2D eigenvalue weighted by molar-refractivity contribution is 5.94. The van der Waals surface area contributed by atoms with Gasteiger partial charge < -0.3 is 9.73 Å². The van der Waals surface area contributed by atoms with E-state index in [4.69, 9.17) is 4.42 Å². The predicted octanol–water partition coefficient (Wildman–Crippen LogP) is 3.66. The topological polar surface area (TPSA) is 42.2 Å². The van der Waals surface area contributed by atoms with Gasteiger partial charge in [-0.3, -0.25) is 4.79 Å². The molecule has 0 radical (unpaired) electrons. The third kappa shape index (κ3) is 4.11. The minimum atomic E-state index is -4.46. The lowest BCUT2D eigenvalue weighted by Crippen LogP contribution is -2.34. The molecule has 0 fully saturated rings. The fourth-order valence-electron chi connectivity index (χ4n) is 1.96. The Labute approximate surface area is 119 Å². The first-order valence-corrected chi connectivity index (χ1v) is 6.35. The van der Waals surface area contributed by atoms with Crippen molar-refractivity contribution < 1.29 is 22.4 Å². The van der Waals surface area contributed by atoms with E-state index in [1.165, 1.54) is 18.4 Å².